The highest BCUT2D eigenvalue weighted by molar-refractivity contribution is 7.47. The van der Waals surface area contributed by atoms with E-state index in [1.165, 1.54) is 6.92 Å². The Morgan fingerprint density at radius 3 is 1.59 bits per heavy atom. The van der Waals surface area contributed by atoms with E-state index in [2.05, 4.69) is 9.05 Å². The first-order valence-corrected chi connectivity index (χ1v) is 17.2. The number of phosphoric ester groups is 2. The first-order valence-electron chi connectivity index (χ1n) is 14.2. The van der Waals surface area contributed by atoms with Crippen molar-refractivity contribution in [3.8, 4) is 0 Å². The molecule has 0 aromatic rings. The highest BCUT2D eigenvalue weighted by atomic mass is 31.2. The highest BCUT2D eigenvalue weighted by Gasteiger charge is 2.30. The molecule has 0 saturated heterocycles. The zero-order chi connectivity index (χ0) is 33.6. The summed E-state index contributed by atoms with van der Waals surface area (Å²) in [5.41, 5.74) is 0. The van der Waals surface area contributed by atoms with Gasteiger partial charge in [0.15, 0.2) is 12.2 Å². The number of aliphatic hydroxyl groups excluding tert-OH is 1. The minimum Gasteiger partial charge on any atom is -0.462 e. The number of esters is 4. The van der Waals surface area contributed by atoms with Gasteiger partial charge in [0.1, 0.15) is 19.3 Å². The van der Waals surface area contributed by atoms with Crippen molar-refractivity contribution in [1.29, 1.82) is 0 Å². The lowest BCUT2D eigenvalue weighted by Gasteiger charge is -2.21. The smallest absolute Gasteiger partial charge is 0.462 e. The van der Waals surface area contributed by atoms with Crippen molar-refractivity contribution in [3.05, 3.63) is 0 Å². The normalized spacial score (nSPS) is 16.1. The van der Waals surface area contributed by atoms with Crippen molar-refractivity contribution < 1.29 is 80.2 Å². The van der Waals surface area contributed by atoms with Gasteiger partial charge < -0.3 is 33.8 Å². The molecule has 3 N–H and O–H groups in total. The molecule has 2 unspecified atom stereocenters. The largest absolute Gasteiger partial charge is 0.472 e. The van der Waals surface area contributed by atoms with Gasteiger partial charge in [0.05, 0.1) is 26.4 Å². The van der Waals surface area contributed by atoms with Crippen molar-refractivity contribution >= 4 is 39.5 Å². The molecule has 0 heterocycles. The molecule has 258 valence electrons. The second-order valence-corrected chi connectivity index (χ2v) is 12.3. The van der Waals surface area contributed by atoms with E-state index in [1.54, 1.807) is 6.92 Å². The van der Waals surface area contributed by atoms with Crippen LogP contribution >= 0.6 is 15.6 Å². The fraction of sp³-hybridized carbons (Fsp3) is 0.840. The summed E-state index contributed by atoms with van der Waals surface area (Å²) >= 11 is 0. The average Bonchev–Trinajstić information content (AvgIpc) is 2.96. The third-order valence-corrected chi connectivity index (χ3v) is 7.08. The molecule has 0 saturated carbocycles. The summed E-state index contributed by atoms with van der Waals surface area (Å²) in [6.07, 6.45) is -0.0741. The molecule has 0 aromatic heterocycles. The van der Waals surface area contributed by atoms with Gasteiger partial charge in [0.2, 0.25) is 0 Å². The summed E-state index contributed by atoms with van der Waals surface area (Å²) < 4.78 is 63.1. The molecule has 0 aliphatic rings. The van der Waals surface area contributed by atoms with Crippen LogP contribution in [0.3, 0.4) is 0 Å². The van der Waals surface area contributed by atoms with E-state index in [-0.39, 0.29) is 19.3 Å². The third kappa shape index (κ3) is 23.4. The van der Waals surface area contributed by atoms with Crippen LogP contribution in [-0.4, -0.2) is 96.7 Å². The van der Waals surface area contributed by atoms with E-state index < -0.39 is 97.5 Å². The standard InChI is InChI=1S/C25H46O17P2/c1-5-8-9-10-12-24(29)36-16-22(41-23(28)7-3)18-40-44(33,34)38-14-20(27)13-37-43(31,32)39-17-21(15-35-19(4)26)42-25(30)11-6-2/h20-22,27H,5-18H2,1-4H3,(H,31,32)(H,33,34)/t20-,21-,22-/m1/s1. The Kier molecular flexibility index (Phi) is 22.4. The molecular formula is C25H46O17P2. The predicted octanol–water partition coefficient (Wildman–Crippen LogP) is 2.72. The molecule has 0 radical (unpaired) electrons. The molecule has 19 heteroatoms. The SMILES string of the molecule is CCCCCCC(=O)OC[C@H](COP(=O)(O)OC[C@H](O)COP(=O)(O)OC[C@@H](COC(C)=O)OC(=O)CCC)OC(=O)CC. The van der Waals surface area contributed by atoms with E-state index in [4.69, 9.17) is 28.0 Å². The van der Waals surface area contributed by atoms with Crippen molar-refractivity contribution in [2.45, 2.75) is 97.4 Å². The molecular weight excluding hydrogens is 634 g/mol. The Hall–Kier alpha value is -1.94. The van der Waals surface area contributed by atoms with Crippen molar-refractivity contribution in [3.63, 3.8) is 0 Å². The van der Waals surface area contributed by atoms with Crippen LogP contribution in [0.1, 0.15) is 79.1 Å². The summed E-state index contributed by atoms with van der Waals surface area (Å²) in [5, 5.41) is 9.98. The molecule has 44 heavy (non-hydrogen) atoms. The van der Waals surface area contributed by atoms with Crippen LogP contribution in [-0.2, 0) is 65.4 Å². The van der Waals surface area contributed by atoms with Crippen LogP contribution < -0.4 is 0 Å². The third-order valence-electron chi connectivity index (χ3n) is 5.18. The number of hydrogen-bond acceptors (Lipinski definition) is 15. The zero-order valence-electron chi connectivity index (χ0n) is 25.6. The van der Waals surface area contributed by atoms with Crippen molar-refractivity contribution in [2.75, 3.05) is 39.6 Å². The molecule has 17 nitrogen and oxygen atoms in total. The van der Waals surface area contributed by atoms with Gasteiger partial charge in [-0.2, -0.15) is 0 Å². The molecule has 0 spiro atoms. The zero-order valence-corrected chi connectivity index (χ0v) is 27.4. The Bertz CT molecular complexity index is 959. The lowest BCUT2D eigenvalue weighted by atomic mass is 10.2. The van der Waals surface area contributed by atoms with Crippen LogP contribution in [0, 0.1) is 0 Å². The maximum Gasteiger partial charge on any atom is 0.472 e. The number of ether oxygens (including phenoxy) is 4. The number of aliphatic hydroxyl groups is 1. The Balaban J connectivity index is 4.75. The molecule has 0 aliphatic carbocycles. The summed E-state index contributed by atoms with van der Waals surface area (Å²) in [7, 11) is -9.69. The first kappa shape index (κ1) is 42.1. The number of carbonyl (C=O) groups excluding carboxylic acids is 4. The van der Waals surface area contributed by atoms with E-state index >= 15 is 0 Å². The Labute approximate surface area is 257 Å². The summed E-state index contributed by atoms with van der Waals surface area (Å²) in [4.78, 5) is 66.2. The first-order chi connectivity index (χ1) is 20.6. The van der Waals surface area contributed by atoms with Crippen molar-refractivity contribution in [1.82, 2.24) is 0 Å². The fourth-order valence-electron chi connectivity index (χ4n) is 2.95. The van der Waals surface area contributed by atoms with Crippen LogP contribution in [0.25, 0.3) is 0 Å². The van der Waals surface area contributed by atoms with Gasteiger partial charge in [0.25, 0.3) is 0 Å². The Morgan fingerprint density at radius 1 is 0.614 bits per heavy atom. The lowest BCUT2D eigenvalue weighted by molar-refractivity contribution is -0.161. The van der Waals surface area contributed by atoms with Gasteiger partial charge in [0, 0.05) is 26.2 Å². The van der Waals surface area contributed by atoms with Crippen LogP contribution in [0.4, 0.5) is 0 Å². The van der Waals surface area contributed by atoms with Gasteiger partial charge in [-0.25, -0.2) is 9.13 Å². The highest BCUT2D eigenvalue weighted by Crippen LogP contribution is 2.45. The second-order valence-electron chi connectivity index (χ2n) is 9.40. The molecule has 0 amide bonds. The Morgan fingerprint density at radius 2 is 1.11 bits per heavy atom. The summed E-state index contributed by atoms with van der Waals surface area (Å²) in [5.74, 6) is -2.55. The van der Waals surface area contributed by atoms with Gasteiger partial charge in [-0.05, 0) is 12.8 Å². The summed E-state index contributed by atoms with van der Waals surface area (Å²) in [6, 6.07) is 0. The maximum atomic E-state index is 12.2. The molecule has 5 atom stereocenters. The van der Waals surface area contributed by atoms with E-state index in [1.807, 2.05) is 6.92 Å². The van der Waals surface area contributed by atoms with E-state index in [9.17, 15) is 43.2 Å². The monoisotopic (exact) mass is 680 g/mol. The molecule has 0 aliphatic heterocycles. The minimum absolute atomic E-state index is 0.0176. The minimum atomic E-state index is -4.85. The number of phosphoric acid groups is 2. The molecule has 0 bridgehead atoms. The van der Waals surface area contributed by atoms with Crippen LogP contribution in [0.2, 0.25) is 0 Å². The molecule has 0 aromatic carbocycles. The maximum absolute atomic E-state index is 12.2. The molecule has 0 rings (SSSR count). The van der Waals surface area contributed by atoms with Crippen LogP contribution in [0.5, 0.6) is 0 Å². The van der Waals surface area contributed by atoms with Gasteiger partial charge >= 0.3 is 39.5 Å². The topological polar surface area (TPSA) is 237 Å². The number of unbranched alkanes of at least 4 members (excludes halogenated alkanes) is 3. The average molecular weight is 681 g/mol. The summed E-state index contributed by atoms with van der Waals surface area (Å²) in [6.45, 7) is 2.31. The van der Waals surface area contributed by atoms with Crippen LogP contribution in [0.15, 0.2) is 0 Å². The number of rotatable bonds is 26. The van der Waals surface area contributed by atoms with Gasteiger partial charge in [-0.15, -0.1) is 0 Å². The van der Waals surface area contributed by atoms with Gasteiger partial charge in [-0.1, -0.05) is 40.0 Å². The lowest BCUT2D eigenvalue weighted by Crippen LogP contribution is -2.30. The van der Waals surface area contributed by atoms with E-state index in [0.717, 1.165) is 26.2 Å². The van der Waals surface area contributed by atoms with E-state index in [0.29, 0.717) is 12.8 Å². The molecule has 0 fully saturated rings. The van der Waals surface area contributed by atoms with Crippen molar-refractivity contribution in [2.24, 2.45) is 0 Å². The van der Waals surface area contributed by atoms with Gasteiger partial charge in [-0.3, -0.25) is 37.3 Å². The number of carbonyl (C=O) groups is 4. The number of hydrogen-bond donors (Lipinski definition) is 3. The second kappa shape index (κ2) is 23.4. The fourth-order valence-corrected chi connectivity index (χ4v) is 4.53. The predicted molar refractivity (Wildman–Crippen MR) is 151 cm³/mol. The quantitative estimate of drug-likeness (QED) is 0.0515.